The monoisotopic (exact) mass is 316 g/mol. The van der Waals surface area contributed by atoms with E-state index >= 15 is 0 Å². The number of carbonyl (C=O) groups excluding carboxylic acids is 1. The van der Waals surface area contributed by atoms with Crippen LogP contribution in [0.1, 0.15) is 22.8 Å². The molecule has 6 nitrogen and oxygen atoms in total. The predicted molar refractivity (Wildman–Crippen MR) is 79.9 cm³/mol. The third-order valence-corrected chi connectivity index (χ3v) is 3.06. The Balaban J connectivity index is 2.45. The summed E-state index contributed by atoms with van der Waals surface area (Å²) in [5.74, 6) is -0.514. The first-order valence-corrected chi connectivity index (χ1v) is 6.93. The number of nitriles is 1. The molecule has 0 aromatic carbocycles. The van der Waals surface area contributed by atoms with Crippen molar-refractivity contribution in [3.05, 3.63) is 58.4 Å². The van der Waals surface area contributed by atoms with E-state index in [2.05, 4.69) is 9.98 Å². The van der Waals surface area contributed by atoms with E-state index in [4.69, 9.17) is 21.6 Å². The molecule has 22 heavy (non-hydrogen) atoms. The lowest BCUT2D eigenvalue weighted by molar-refractivity contribution is 0.0523. The molecular formula is C15H13ClN4O2. The molecule has 0 saturated carbocycles. The zero-order valence-corrected chi connectivity index (χ0v) is 12.6. The van der Waals surface area contributed by atoms with Gasteiger partial charge in [0.1, 0.15) is 10.7 Å². The van der Waals surface area contributed by atoms with Crippen LogP contribution in [0.3, 0.4) is 0 Å². The Labute approximate surface area is 132 Å². The largest absolute Gasteiger partial charge is 0.462 e. The Bertz CT molecular complexity index is 775. The lowest BCUT2D eigenvalue weighted by Crippen LogP contribution is -2.28. The average molecular weight is 317 g/mol. The smallest absolute Gasteiger partial charge is 0.341 e. The van der Waals surface area contributed by atoms with Crippen LogP contribution in [0.25, 0.3) is 0 Å². The van der Waals surface area contributed by atoms with Crippen LogP contribution in [0.5, 0.6) is 0 Å². The topological polar surface area (TPSA) is 80.3 Å². The summed E-state index contributed by atoms with van der Waals surface area (Å²) in [7, 11) is 0. The van der Waals surface area contributed by atoms with Crippen LogP contribution in [-0.4, -0.2) is 22.1 Å². The molecule has 2 aromatic rings. The number of rotatable bonds is 4. The molecule has 0 N–H and O–H groups in total. The first kappa shape index (κ1) is 15.7. The van der Waals surface area contributed by atoms with Crippen molar-refractivity contribution in [2.24, 2.45) is 4.99 Å². The lowest BCUT2D eigenvalue weighted by atomic mass is 10.2. The van der Waals surface area contributed by atoms with Crippen molar-refractivity contribution in [2.75, 3.05) is 6.61 Å². The molecule has 0 amide bonds. The van der Waals surface area contributed by atoms with Crippen molar-refractivity contribution in [2.45, 2.75) is 13.5 Å². The van der Waals surface area contributed by atoms with Gasteiger partial charge in [-0.3, -0.25) is 0 Å². The lowest BCUT2D eigenvalue weighted by Gasteiger charge is -2.10. The number of ether oxygens (including phenoxy) is 1. The number of hydrogen-bond donors (Lipinski definition) is 0. The third-order valence-electron chi connectivity index (χ3n) is 2.83. The van der Waals surface area contributed by atoms with Crippen molar-refractivity contribution in [3.63, 3.8) is 0 Å². The Morgan fingerprint density at radius 3 is 2.95 bits per heavy atom. The van der Waals surface area contributed by atoms with Gasteiger partial charge in [0.05, 0.1) is 13.2 Å². The van der Waals surface area contributed by atoms with Gasteiger partial charge in [0.2, 0.25) is 6.19 Å². The summed E-state index contributed by atoms with van der Waals surface area (Å²) in [6.07, 6.45) is 5.07. The van der Waals surface area contributed by atoms with Crippen LogP contribution < -0.4 is 5.49 Å². The third kappa shape index (κ3) is 3.71. The quantitative estimate of drug-likeness (QED) is 0.491. The molecule has 0 saturated heterocycles. The van der Waals surface area contributed by atoms with E-state index in [0.717, 1.165) is 5.56 Å². The van der Waals surface area contributed by atoms with Crippen molar-refractivity contribution in [1.82, 2.24) is 9.55 Å². The molecule has 0 bridgehead atoms. The van der Waals surface area contributed by atoms with Crippen LogP contribution in [0, 0.1) is 11.5 Å². The van der Waals surface area contributed by atoms with E-state index in [1.165, 1.54) is 0 Å². The van der Waals surface area contributed by atoms with Crippen LogP contribution >= 0.6 is 11.6 Å². The fourth-order valence-electron chi connectivity index (χ4n) is 1.91. The molecule has 112 valence electrons. The van der Waals surface area contributed by atoms with Gasteiger partial charge in [-0.1, -0.05) is 17.7 Å². The maximum absolute atomic E-state index is 12.0. The van der Waals surface area contributed by atoms with Gasteiger partial charge in [-0.25, -0.2) is 9.78 Å². The Morgan fingerprint density at radius 1 is 1.50 bits per heavy atom. The maximum atomic E-state index is 12.0. The SMILES string of the molecule is CCOC(=O)c1cccn(Cc2ccc(Cl)nc2)c1=NC#N. The number of pyridine rings is 2. The molecule has 0 aliphatic rings. The summed E-state index contributed by atoms with van der Waals surface area (Å²) >= 11 is 5.76. The minimum absolute atomic E-state index is 0.243. The first-order chi connectivity index (χ1) is 10.7. The van der Waals surface area contributed by atoms with Gasteiger partial charge in [-0.05, 0) is 30.7 Å². The van der Waals surface area contributed by atoms with E-state index in [9.17, 15) is 4.79 Å². The highest BCUT2D eigenvalue weighted by Gasteiger charge is 2.12. The second-order valence-electron chi connectivity index (χ2n) is 4.29. The molecule has 0 fully saturated rings. The van der Waals surface area contributed by atoms with Crippen LogP contribution in [0.2, 0.25) is 5.15 Å². The van der Waals surface area contributed by atoms with Gasteiger partial charge in [0.15, 0.2) is 5.49 Å². The fraction of sp³-hybridized carbons (Fsp3) is 0.200. The number of esters is 1. The van der Waals surface area contributed by atoms with E-state index in [-0.39, 0.29) is 17.7 Å². The molecule has 0 unspecified atom stereocenters. The molecule has 2 heterocycles. The van der Waals surface area contributed by atoms with Crippen molar-refractivity contribution in [3.8, 4) is 6.19 Å². The zero-order chi connectivity index (χ0) is 15.9. The Hall–Kier alpha value is -2.65. The highest BCUT2D eigenvalue weighted by atomic mass is 35.5. The molecule has 2 rings (SSSR count). The summed E-state index contributed by atoms with van der Waals surface area (Å²) in [5, 5.41) is 9.27. The minimum atomic E-state index is -0.514. The molecule has 0 aliphatic heterocycles. The van der Waals surface area contributed by atoms with Gasteiger partial charge in [-0.15, -0.1) is 0 Å². The maximum Gasteiger partial charge on any atom is 0.341 e. The number of aromatic nitrogens is 2. The summed E-state index contributed by atoms with van der Waals surface area (Å²) in [4.78, 5) is 19.7. The Morgan fingerprint density at radius 2 is 2.32 bits per heavy atom. The highest BCUT2D eigenvalue weighted by molar-refractivity contribution is 6.29. The number of halogens is 1. The summed E-state index contributed by atoms with van der Waals surface area (Å²) < 4.78 is 6.67. The van der Waals surface area contributed by atoms with Gasteiger partial charge < -0.3 is 9.30 Å². The molecule has 0 aliphatic carbocycles. The number of nitrogens with zero attached hydrogens (tertiary/aromatic N) is 4. The standard InChI is InChI=1S/C15H13ClN4O2/c1-2-22-15(21)12-4-3-7-20(14(12)19-10-17)9-11-5-6-13(16)18-8-11/h3-8H,2,9H2,1H3. The number of hydrogen-bond acceptors (Lipinski definition) is 5. The van der Waals surface area contributed by atoms with Crippen molar-refractivity contribution >= 4 is 17.6 Å². The van der Waals surface area contributed by atoms with E-state index in [0.29, 0.717) is 11.7 Å². The van der Waals surface area contributed by atoms with Crippen molar-refractivity contribution < 1.29 is 9.53 Å². The van der Waals surface area contributed by atoms with E-state index < -0.39 is 5.97 Å². The second kappa shape index (κ2) is 7.38. The van der Waals surface area contributed by atoms with Crippen molar-refractivity contribution in [1.29, 1.82) is 5.26 Å². The molecule has 0 radical (unpaired) electrons. The molecular weight excluding hydrogens is 304 g/mol. The summed E-state index contributed by atoms with van der Waals surface area (Å²) in [5.41, 5.74) is 1.36. The van der Waals surface area contributed by atoms with Crippen LogP contribution in [0.15, 0.2) is 41.7 Å². The highest BCUT2D eigenvalue weighted by Crippen LogP contribution is 2.06. The van der Waals surface area contributed by atoms with Gasteiger partial charge >= 0.3 is 5.97 Å². The first-order valence-electron chi connectivity index (χ1n) is 6.55. The fourth-order valence-corrected chi connectivity index (χ4v) is 2.02. The molecule has 0 atom stereocenters. The van der Waals surface area contributed by atoms with E-state index in [1.54, 1.807) is 48.3 Å². The minimum Gasteiger partial charge on any atom is -0.462 e. The zero-order valence-electron chi connectivity index (χ0n) is 11.9. The van der Waals surface area contributed by atoms with Crippen LogP contribution in [0.4, 0.5) is 0 Å². The molecule has 7 heteroatoms. The summed E-state index contributed by atoms with van der Waals surface area (Å²) in [6.45, 7) is 2.37. The molecule has 2 aromatic heterocycles. The van der Waals surface area contributed by atoms with Gasteiger partial charge in [0.25, 0.3) is 0 Å². The number of carbonyl (C=O) groups is 1. The Kier molecular flexibility index (Phi) is 5.28. The normalized spacial score (nSPS) is 11.0. The van der Waals surface area contributed by atoms with Gasteiger partial charge in [-0.2, -0.15) is 10.3 Å². The summed E-state index contributed by atoms with van der Waals surface area (Å²) in [6, 6.07) is 6.76. The average Bonchev–Trinajstić information content (AvgIpc) is 2.51. The molecule has 0 spiro atoms. The predicted octanol–water partition coefficient (Wildman–Crippen LogP) is 2.14. The van der Waals surface area contributed by atoms with Crippen LogP contribution in [-0.2, 0) is 11.3 Å². The second-order valence-corrected chi connectivity index (χ2v) is 4.68. The van der Waals surface area contributed by atoms with Gasteiger partial charge in [0, 0.05) is 12.4 Å². The van der Waals surface area contributed by atoms with E-state index in [1.807, 2.05) is 6.07 Å².